The summed E-state index contributed by atoms with van der Waals surface area (Å²) in [6.07, 6.45) is 0. The number of carbonyl (C=O) groups is 2. The van der Waals surface area contributed by atoms with Gasteiger partial charge in [-0.15, -0.1) is 16.4 Å². The minimum atomic E-state index is -0.810. The smallest absolute Gasteiger partial charge is 0.280 e. The van der Waals surface area contributed by atoms with Crippen LogP contribution in [0, 0.1) is 6.92 Å². The van der Waals surface area contributed by atoms with E-state index in [2.05, 4.69) is 14.9 Å². The number of amides is 2. The molecule has 0 radical (unpaired) electrons. The monoisotopic (exact) mass is 414 g/mol. The van der Waals surface area contributed by atoms with Gasteiger partial charge >= 0.3 is 0 Å². The van der Waals surface area contributed by atoms with Crippen molar-refractivity contribution in [3.63, 3.8) is 0 Å². The fraction of sp³-hybridized carbons (Fsp3) is 0.300. The van der Waals surface area contributed by atoms with Crippen LogP contribution in [0.3, 0.4) is 0 Å². The Morgan fingerprint density at radius 1 is 1.18 bits per heavy atom. The number of hydrogen-bond acceptors (Lipinski definition) is 6. The fourth-order valence-electron chi connectivity index (χ4n) is 2.80. The Hall–Kier alpha value is -2.58. The number of nitrogens with one attached hydrogen (secondary N) is 1. The maximum atomic E-state index is 13.4. The first-order chi connectivity index (χ1) is 13.3. The van der Waals surface area contributed by atoms with Gasteiger partial charge in [0.15, 0.2) is 11.7 Å². The van der Waals surface area contributed by atoms with Crippen molar-refractivity contribution < 1.29 is 9.59 Å². The Morgan fingerprint density at radius 3 is 2.54 bits per heavy atom. The van der Waals surface area contributed by atoms with Crippen LogP contribution < -0.4 is 10.2 Å². The first-order valence-electron chi connectivity index (χ1n) is 8.79. The summed E-state index contributed by atoms with van der Waals surface area (Å²) in [7, 11) is 0. The Bertz CT molecular complexity index is 947. The number of anilines is 1. The Balaban J connectivity index is 2.13. The molecule has 1 N–H and O–H groups in total. The van der Waals surface area contributed by atoms with E-state index in [0.29, 0.717) is 5.69 Å². The normalized spacial score (nSPS) is 12.4. The molecular formula is C20H22N4O2S2. The summed E-state index contributed by atoms with van der Waals surface area (Å²) in [4.78, 5) is 29.0. The molecule has 0 aliphatic heterocycles. The average Bonchev–Trinajstić information content (AvgIpc) is 3.30. The molecule has 2 amide bonds. The molecule has 0 aliphatic carbocycles. The maximum Gasteiger partial charge on any atom is 0.280 e. The van der Waals surface area contributed by atoms with Crippen molar-refractivity contribution in [3.8, 4) is 0 Å². The lowest BCUT2D eigenvalue weighted by Crippen LogP contribution is -2.49. The molecule has 3 rings (SSSR count). The first kappa shape index (κ1) is 20.2. The van der Waals surface area contributed by atoms with Crippen LogP contribution in [-0.2, 0) is 4.79 Å². The van der Waals surface area contributed by atoms with E-state index in [4.69, 9.17) is 0 Å². The molecule has 0 aliphatic rings. The number of rotatable bonds is 5. The molecule has 1 aromatic carbocycles. The van der Waals surface area contributed by atoms with Crippen molar-refractivity contribution in [3.05, 3.63) is 63.3 Å². The standard InChI is InChI=1S/C20H22N4O2S2/c1-13-7-5-8-14(11-13)24(19(26)15-12-28-23-22-15)17(16-9-6-10-27-16)18(25)21-20(2,3)4/h5-12,17H,1-4H3,(H,21,25)/t17-/m0/s1. The van der Waals surface area contributed by atoms with Crippen LogP contribution in [0.2, 0.25) is 0 Å². The second kappa shape index (κ2) is 8.20. The number of aryl methyl sites for hydroxylation is 1. The molecule has 2 heterocycles. The number of thiophene rings is 1. The summed E-state index contributed by atoms with van der Waals surface area (Å²) in [5, 5.41) is 10.4. The van der Waals surface area contributed by atoms with Crippen molar-refractivity contribution in [1.82, 2.24) is 14.9 Å². The molecule has 8 heteroatoms. The SMILES string of the molecule is Cc1cccc(N(C(=O)c2csnn2)[C@H](C(=O)NC(C)(C)C)c2cccs2)c1. The summed E-state index contributed by atoms with van der Waals surface area (Å²) in [5.74, 6) is -0.602. The maximum absolute atomic E-state index is 13.4. The average molecular weight is 415 g/mol. The highest BCUT2D eigenvalue weighted by molar-refractivity contribution is 7.10. The zero-order valence-electron chi connectivity index (χ0n) is 16.2. The summed E-state index contributed by atoms with van der Waals surface area (Å²) >= 11 is 2.54. The van der Waals surface area contributed by atoms with E-state index in [9.17, 15) is 9.59 Å². The van der Waals surface area contributed by atoms with Gasteiger partial charge < -0.3 is 5.32 Å². The topological polar surface area (TPSA) is 75.2 Å². The largest absolute Gasteiger partial charge is 0.349 e. The Labute approximate surface area is 172 Å². The molecule has 0 fully saturated rings. The Kier molecular flexibility index (Phi) is 5.90. The number of nitrogens with zero attached hydrogens (tertiary/aromatic N) is 3. The van der Waals surface area contributed by atoms with Gasteiger partial charge in [-0.2, -0.15) is 0 Å². The summed E-state index contributed by atoms with van der Waals surface area (Å²) in [5.41, 5.74) is 1.42. The highest BCUT2D eigenvalue weighted by atomic mass is 32.1. The van der Waals surface area contributed by atoms with Crippen LogP contribution in [0.5, 0.6) is 0 Å². The number of aromatic nitrogens is 2. The third-order valence-electron chi connectivity index (χ3n) is 3.90. The van der Waals surface area contributed by atoms with Crippen LogP contribution in [0.1, 0.15) is 47.7 Å². The van der Waals surface area contributed by atoms with Gasteiger partial charge in [0, 0.05) is 21.5 Å². The molecule has 2 aromatic heterocycles. The second-order valence-corrected chi connectivity index (χ2v) is 9.05. The first-order valence-corrected chi connectivity index (χ1v) is 10.5. The van der Waals surface area contributed by atoms with Crippen LogP contribution in [0.15, 0.2) is 47.2 Å². The van der Waals surface area contributed by atoms with Crippen molar-refractivity contribution in [1.29, 1.82) is 0 Å². The third kappa shape index (κ3) is 4.63. The van der Waals surface area contributed by atoms with Gasteiger partial charge in [-0.25, -0.2) is 0 Å². The Morgan fingerprint density at radius 2 is 1.96 bits per heavy atom. The van der Waals surface area contributed by atoms with Crippen LogP contribution in [0.25, 0.3) is 0 Å². The molecule has 0 saturated heterocycles. The summed E-state index contributed by atoms with van der Waals surface area (Å²) in [6, 6.07) is 10.5. The summed E-state index contributed by atoms with van der Waals surface area (Å²) in [6.45, 7) is 7.70. The third-order valence-corrected chi connectivity index (χ3v) is 5.32. The van der Waals surface area contributed by atoms with E-state index in [0.717, 1.165) is 22.0 Å². The highest BCUT2D eigenvalue weighted by Gasteiger charge is 2.36. The van der Waals surface area contributed by atoms with E-state index < -0.39 is 11.6 Å². The molecule has 0 saturated carbocycles. The number of hydrogen-bond donors (Lipinski definition) is 1. The van der Waals surface area contributed by atoms with Crippen LogP contribution in [-0.4, -0.2) is 26.9 Å². The van der Waals surface area contributed by atoms with E-state index >= 15 is 0 Å². The molecule has 0 unspecified atom stereocenters. The second-order valence-electron chi connectivity index (χ2n) is 7.46. The molecule has 146 valence electrons. The van der Waals surface area contributed by atoms with Crippen molar-refractivity contribution in [2.45, 2.75) is 39.3 Å². The van der Waals surface area contributed by atoms with E-state index in [1.165, 1.54) is 16.2 Å². The minimum Gasteiger partial charge on any atom is -0.349 e. The van der Waals surface area contributed by atoms with Gasteiger partial charge in [-0.1, -0.05) is 22.7 Å². The predicted molar refractivity (Wildman–Crippen MR) is 113 cm³/mol. The number of carbonyl (C=O) groups excluding carboxylic acids is 2. The fourth-order valence-corrected chi connectivity index (χ4v) is 4.04. The van der Waals surface area contributed by atoms with E-state index in [-0.39, 0.29) is 17.5 Å². The van der Waals surface area contributed by atoms with Crippen molar-refractivity contribution >= 4 is 40.4 Å². The lowest BCUT2D eigenvalue weighted by atomic mass is 10.1. The van der Waals surface area contributed by atoms with Crippen LogP contribution >= 0.6 is 22.9 Å². The molecule has 28 heavy (non-hydrogen) atoms. The van der Waals surface area contributed by atoms with Gasteiger partial charge in [-0.3, -0.25) is 14.5 Å². The quantitative estimate of drug-likeness (QED) is 0.679. The van der Waals surface area contributed by atoms with E-state index in [1.807, 2.05) is 69.5 Å². The highest BCUT2D eigenvalue weighted by Crippen LogP contribution is 2.32. The lowest BCUT2D eigenvalue weighted by Gasteiger charge is -2.32. The molecule has 1 atom stereocenters. The van der Waals surface area contributed by atoms with Gasteiger partial charge in [0.1, 0.15) is 0 Å². The van der Waals surface area contributed by atoms with Gasteiger partial charge in [0.2, 0.25) is 5.91 Å². The van der Waals surface area contributed by atoms with Crippen molar-refractivity contribution in [2.75, 3.05) is 4.90 Å². The van der Waals surface area contributed by atoms with Crippen LogP contribution in [0.4, 0.5) is 5.69 Å². The minimum absolute atomic E-state index is 0.219. The molecule has 0 spiro atoms. The predicted octanol–water partition coefficient (Wildman–Crippen LogP) is 4.21. The molecule has 0 bridgehead atoms. The van der Waals surface area contributed by atoms with Gasteiger partial charge in [0.25, 0.3) is 5.91 Å². The van der Waals surface area contributed by atoms with E-state index in [1.54, 1.807) is 5.38 Å². The molecular weight excluding hydrogens is 392 g/mol. The summed E-state index contributed by atoms with van der Waals surface area (Å²) < 4.78 is 3.81. The molecule has 6 nitrogen and oxygen atoms in total. The lowest BCUT2D eigenvalue weighted by molar-refractivity contribution is -0.123. The molecule has 3 aromatic rings. The zero-order chi connectivity index (χ0) is 20.3. The zero-order valence-corrected chi connectivity index (χ0v) is 17.8. The van der Waals surface area contributed by atoms with Crippen molar-refractivity contribution in [2.24, 2.45) is 0 Å². The van der Waals surface area contributed by atoms with Gasteiger partial charge in [-0.05, 0) is 68.4 Å². The number of benzene rings is 1. The van der Waals surface area contributed by atoms with Gasteiger partial charge in [0.05, 0.1) is 0 Å².